The molecule has 0 bridgehead atoms. The first-order valence-corrected chi connectivity index (χ1v) is 11.4. The Kier molecular flexibility index (Phi) is 5.48. The summed E-state index contributed by atoms with van der Waals surface area (Å²) in [5.74, 6) is 1.16. The molecule has 7 nitrogen and oxygen atoms in total. The molecule has 2 aliphatic heterocycles. The topological polar surface area (TPSA) is 85.5 Å². The lowest BCUT2D eigenvalue weighted by molar-refractivity contribution is -0.120. The molecule has 1 aromatic carbocycles. The van der Waals surface area contributed by atoms with Crippen LogP contribution in [0, 0.1) is 25.6 Å². The summed E-state index contributed by atoms with van der Waals surface area (Å²) in [5, 5.41) is 3.99. The first kappa shape index (κ1) is 20.4. The summed E-state index contributed by atoms with van der Waals surface area (Å²) >= 11 is 0. The fraction of sp³-hybridized carbons (Fsp3) is 0.600. The van der Waals surface area contributed by atoms with Crippen LogP contribution in [-0.4, -0.2) is 48.2 Å². The Balaban J connectivity index is 1.42. The van der Waals surface area contributed by atoms with Crippen LogP contribution in [-0.2, 0) is 21.2 Å². The number of halogens is 1. The van der Waals surface area contributed by atoms with Gasteiger partial charge in [-0.05, 0) is 56.2 Å². The predicted octanol–water partition coefficient (Wildman–Crippen LogP) is 3.02. The number of ether oxygens (including phenoxy) is 1. The Morgan fingerprint density at radius 2 is 2.03 bits per heavy atom. The molecule has 0 amide bonds. The highest BCUT2D eigenvalue weighted by Crippen LogP contribution is 2.39. The average molecular weight is 424 g/mol. The standard InChI is InChI=1S/C20H26FN3O4S/c1-14-3-4-17(12-18(14)21)29(25,26)24-8-6-20(7-9-24)13-16(5-10-27-20)11-19-22-15(2)28-23-19/h3-4,12,16H,5-11,13H2,1-2H3. The number of hydrogen-bond acceptors (Lipinski definition) is 6. The number of rotatable bonds is 4. The van der Waals surface area contributed by atoms with Gasteiger partial charge in [-0.1, -0.05) is 11.2 Å². The third-order valence-corrected chi connectivity index (χ3v) is 7.95. The Bertz CT molecular complexity index is 983. The molecule has 2 saturated heterocycles. The van der Waals surface area contributed by atoms with E-state index in [0.29, 0.717) is 55.7 Å². The molecule has 1 spiro atoms. The molecule has 4 rings (SSSR count). The lowest BCUT2D eigenvalue weighted by Gasteiger charge is -2.45. The summed E-state index contributed by atoms with van der Waals surface area (Å²) in [4.78, 5) is 4.30. The zero-order valence-electron chi connectivity index (χ0n) is 16.7. The smallest absolute Gasteiger partial charge is 0.243 e. The first-order chi connectivity index (χ1) is 13.8. The zero-order chi connectivity index (χ0) is 20.6. The van der Waals surface area contributed by atoms with E-state index in [1.54, 1.807) is 13.8 Å². The maximum absolute atomic E-state index is 13.9. The Hall–Kier alpha value is -1.84. The van der Waals surface area contributed by atoms with Gasteiger partial charge >= 0.3 is 0 Å². The predicted molar refractivity (Wildman–Crippen MR) is 103 cm³/mol. The quantitative estimate of drug-likeness (QED) is 0.752. The van der Waals surface area contributed by atoms with Crippen molar-refractivity contribution in [1.29, 1.82) is 0 Å². The second-order valence-corrected chi connectivity index (χ2v) is 10.1. The second kappa shape index (κ2) is 7.77. The van der Waals surface area contributed by atoms with Gasteiger partial charge in [0, 0.05) is 33.0 Å². The van der Waals surface area contributed by atoms with Crippen LogP contribution in [0.15, 0.2) is 27.6 Å². The van der Waals surface area contributed by atoms with E-state index in [1.165, 1.54) is 16.4 Å². The van der Waals surface area contributed by atoms with Gasteiger partial charge < -0.3 is 9.26 Å². The van der Waals surface area contributed by atoms with Gasteiger partial charge in [0.25, 0.3) is 0 Å². The molecular weight excluding hydrogens is 397 g/mol. The normalized spacial score (nSPS) is 22.8. The number of aromatic nitrogens is 2. The minimum atomic E-state index is -3.71. The molecular formula is C20H26FN3O4S. The van der Waals surface area contributed by atoms with Gasteiger partial charge in [0.2, 0.25) is 15.9 Å². The molecule has 2 aromatic rings. The SMILES string of the molecule is Cc1nc(CC2CCOC3(CCN(S(=O)(=O)c4ccc(C)c(F)c4)CC3)C2)no1. The molecule has 3 heterocycles. The van der Waals surface area contributed by atoms with Crippen LogP contribution in [0.2, 0.25) is 0 Å². The van der Waals surface area contributed by atoms with Gasteiger partial charge in [-0.25, -0.2) is 12.8 Å². The van der Waals surface area contributed by atoms with E-state index >= 15 is 0 Å². The lowest BCUT2D eigenvalue weighted by Crippen LogP contribution is -2.50. The van der Waals surface area contributed by atoms with Crippen molar-refractivity contribution in [3.8, 4) is 0 Å². The Labute approximate surface area is 170 Å². The van der Waals surface area contributed by atoms with E-state index in [4.69, 9.17) is 9.26 Å². The molecule has 0 radical (unpaired) electrons. The molecule has 0 saturated carbocycles. The summed E-state index contributed by atoms with van der Waals surface area (Å²) in [6, 6.07) is 4.08. The minimum absolute atomic E-state index is 0.00599. The maximum atomic E-state index is 13.9. The molecule has 1 aromatic heterocycles. The monoisotopic (exact) mass is 423 g/mol. The summed E-state index contributed by atoms with van der Waals surface area (Å²) in [6.07, 6.45) is 3.78. The van der Waals surface area contributed by atoms with E-state index in [1.807, 2.05) is 0 Å². The number of hydrogen-bond donors (Lipinski definition) is 0. The third kappa shape index (κ3) is 4.22. The molecule has 29 heavy (non-hydrogen) atoms. The van der Waals surface area contributed by atoms with Crippen LogP contribution in [0.5, 0.6) is 0 Å². The summed E-state index contributed by atoms with van der Waals surface area (Å²) in [5.41, 5.74) is 0.117. The highest BCUT2D eigenvalue weighted by Gasteiger charge is 2.43. The molecule has 1 atom stereocenters. The van der Waals surface area contributed by atoms with Crippen LogP contribution >= 0.6 is 0 Å². The number of sulfonamides is 1. The summed E-state index contributed by atoms with van der Waals surface area (Å²) in [6.45, 7) is 4.77. The van der Waals surface area contributed by atoms with Crippen molar-refractivity contribution < 1.29 is 22.1 Å². The van der Waals surface area contributed by atoms with E-state index in [0.717, 1.165) is 25.3 Å². The van der Waals surface area contributed by atoms with E-state index in [2.05, 4.69) is 10.1 Å². The van der Waals surface area contributed by atoms with Crippen molar-refractivity contribution in [2.75, 3.05) is 19.7 Å². The summed E-state index contributed by atoms with van der Waals surface area (Å²) < 4.78 is 52.3. The van der Waals surface area contributed by atoms with Gasteiger partial charge in [0.1, 0.15) is 5.82 Å². The molecule has 0 N–H and O–H groups in total. The molecule has 0 aliphatic carbocycles. The van der Waals surface area contributed by atoms with Gasteiger partial charge in [-0.15, -0.1) is 0 Å². The van der Waals surface area contributed by atoms with Crippen molar-refractivity contribution >= 4 is 10.0 Å². The fourth-order valence-electron chi connectivity index (χ4n) is 4.35. The fourth-order valence-corrected chi connectivity index (χ4v) is 5.81. The van der Waals surface area contributed by atoms with E-state index in [-0.39, 0.29) is 10.5 Å². The van der Waals surface area contributed by atoms with Crippen molar-refractivity contribution in [2.24, 2.45) is 5.92 Å². The first-order valence-electron chi connectivity index (χ1n) is 9.97. The van der Waals surface area contributed by atoms with E-state index < -0.39 is 15.8 Å². The molecule has 1 unspecified atom stereocenters. The van der Waals surface area contributed by atoms with Crippen molar-refractivity contribution in [1.82, 2.24) is 14.4 Å². The number of nitrogens with zero attached hydrogens (tertiary/aromatic N) is 3. The third-order valence-electron chi connectivity index (χ3n) is 6.05. The lowest BCUT2D eigenvalue weighted by atomic mass is 9.78. The second-order valence-electron chi connectivity index (χ2n) is 8.14. The molecule has 2 fully saturated rings. The largest absolute Gasteiger partial charge is 0.375 e. The van der Waals surface area contributed by atoms with Crippen LogP contribution in [0.25, 0.3) is 0 Å². The van der Waals surface area contributed by atoms with Gasteiger partial charge in [0.05, 0.1) is 10.5 Å². The Morgan fingerprint density at radius 1 is 1.28 bits per heavy atom. The number of benzene rings is 1. The Morgan fingerprint density at radius 3 is 2.69 bits per heavy atom. The van der Waals surface area contributed by atoms with Gasteiger partial charge in [-0.2, -0.15) is 9.29 Å². The highest BCUT2D eigenvalue weighted by atomic mass is 32.2. The van der Waals surface area contributed by atoms with Crippen LogP contribution in [0.3, 0.4) is 0 Å². The van der Waals surface area contributed by atoms with Crippen LogP contribution in [0.4, 0.5) is 4.39 Å². The van der Waals surface area contributed by atoms with Gasteiger partial charge in [0.15, 0.2) is 5.82 Å². The van der Waals surface area contributed by atoms with Crippen LogP contribution in [0.1, 0.15) is 43.0 Å². The molecule has 158 valence electrons. The summed E-state index contributed by atoms with van der Waals surface area (Å²) in [7, 11) is -3.71. The van der Waals surface area contributed by atoms with E-state index in [9.17, 15) is 12.8 Å². The highest BCUT2D eigenvalue weighted by molar-refractivity contribution is 7.89. The van der Waals surface area contributed by atoms with Crippen molar-refractivity contribution in [3.63, 3.8) is 0 Å². The number of aryl methyl sites for hydroxylation is 2. The van der Waals surface area contributed by atoms with Gasteiger partial charge in [-0.3, -0.25) is 0 Å². The zero-order valence-corrected chi connectivity index (χ0v) is 17.5. The maximum Gasteiger partial charge on any atom is 0.243 e. The minimum Gasteiger partial charge on any atom is -0.375 e. The van der Waals surface area contributed by atoms with Crippen molar-refractivity contribution in [2.45, 2.75) is 56.4 Å². The molecule has 2 aliphatic rings. The molecule has 9 heteroatoms. The number of piperidine rings is 1. The van der Waals surface area contributed by atoms with Crippen LogP contribution < -0.4 is 0 Å². The van der Waals surface area contributed by atoms with Crippen molar-refractivity contribution in [3.05, 3.63) is 41.3 Å². The average Bonchev–Trinajstić information content (AvgIpc) is 3.09.